The normalized spacial score (nSPS) is 17.9. The summed E-state index contributed by atoms with van der Waals surface area (Å²) in [4.78, 5) is 0. The van der Waals surface area contributed by atoms with Crippen LogP contribution in [0.25, 0.3) is 22.3 Å². The Balaban J connectivity index is 1.50. The highest BCUT2D eigenvalue weighted by Crippen LogP contribution is 2.40. The third kappa shape index (κ3) is 6.08. The summed E-state index contributed by atoms with van der Waals surface area (Å²) in [6.07, 6.45) is 11.0. The zero-order valence-corrected chi connectivity index (χ0v) is 21.5. The number of unbranched alkanes of at least 4 members (excludes halogenated alkanes) is 1. The second kappa shape index (κ2) is 12.4. The van der Waals surface area contributed by atoms with Crippen molar-refractivity contribution >= 4 is 0 Å². The average molecular weight is 511 g/mol. The van der Waals surface area contributed by atoms with Gasteiger partial charge in [0.25, 0.3) is 0 Å². The molecule has 1 aliphatic rings. The van der Waals surface area contributed by atoms with Crippen molar-refractivity contribution in [3.8, 4) is 28.0 Å². The largest absolute Gasteiger partial charge is 0.486 e. The number of hydrogen-bond acceptors (Lipinski definition) is 1. The highest BCUT2D eigenvalue weighted by molar-refractivity contribution is 5.72. The van der Waals surface area contributed by atoms with E-state index in [0.29, 0.717) is 22.6 Å². The van der Waals surface area contributed by atoms with Crippen molar-refractivity contribution in [1.29, 1.82) is 0 Å². The van der Waals surface area contributed by atoms with E-state index in [2.05, 4.69) is 6.92 Å². The molecule has 0 heterocycles. The molecule has 0 saturated heterocycles. The van der Waals surface area contributed by atoms with Crippen molar-refractivity contribution in [2.24, 2.45) is 5.92 Å². The van der Waals surface area contributed by atoms with Gasteiger partial charge in [-0.2, -0.15) is 4.39 Å². The molecule has 1 aliphatic carbocycles. The Morgan fingerprint density at radius 3 is 1.95 bits per heavy atom. The molecular formula is C32H34F4O. The Kier molecular flexibility index (Phi) is 9.07. The SMILES string of the molecule is C/C=C/COc1ccc(-c2ccc(-c3ccc(C4CCC(CCCC)CC4)c(F)c3F)cc2)c(F)c1F. The molecule has 0 amide bonds. The van der Waals surface area contributed by atoms with Crippen LogP contribution in [0, 0.1) is 29.2 Å². The lowest BCUT2D eigenvalue weighted by molar-refractivity contribution is 0.299. The number of ether oxygens (including phenoxy) is 1. The molecule has 0 radical (unpaired) electrons. The van der Waals surface area contributed by atoms with Gasteiger partial charge in [0.05, 0.1) is 0 Å². The van der Waals surface area contributed by atoms with Gasteiger partial charge in [0.2, 0.25) is 5.82 Å². The molecule has 1 saturated carbocycles. The first-order valence-corrected chi connectivity index (χ1v) is 13.2. The third-order valence-electron chi connectivity index (χ3n) is 7.49. The molecular weight excluding hydrogens is 476 g/mol. The maximum Gasteiger partial charge on any atom is 0.201 e. The van der Waals surface area contributed by atoms with Crippen molar-refractivity contribution in [2.75, 3.05) is 6.61 Å². The zero-order chi connectivity index (χ0) is 26.4. The van der Waals surface area contributed by atoms with Crippen LogP contribution in [0.3, 0.4) is 0 Å². The van der Waals surface area contributed by atoms with Crippen LogP contribution in [-0.4, -0.2) is 6.61 Å². The Morgan fingerprint density at radius 1 is 0.757 bits per heavy atom. The monoisotopic (exact) mass is 510 g/mol. The third-order valence-corrected chi connectivity index (χ3v) is 7.49. The lowest BCUT2D eigenvalue weighted by Crippen LogP contribution is -2.15. The number of allylic oxidation sites excluding steroid dienone is 1. The molecule has 1 nitrogen and oxygen atoms in total. The summed E-state index contributed by atoms with van der Waals surface area (Å²) in [5, 5.41) is 0. The summed E-state index contributed by atoms with van der Waals surface area (Å²) in [5.41, 5.74) is 1.59. The fourth-order valence-electron chi connectivity index (χ4n) is 5.29. The average Bonchev–Trinajstić information content (AvgIpc) is 2.92. The van der Waals surface area contributed by atoms with E-state index in [0.717, 1.165) is 25.7 Å². The minimum Gasteiger partial charge on any atom is -0.486 e. The van der Waals surface area contributed by atoms with E-state index in [1.165, 1.54) is 31.4 Å². The fourth-order valence-corrected chi connectivity index (χ4v) is 5.29. The second-order valence-electron chi connectivity index (χ2n) is 9.89. The van der Waals surface area contributed by atoms with E-state index in [9.17, 15) is 8.78 Å². The van der Waals surface area contributed by atoms with Gasteiger partial charge in [-0.05, 0) is 73.3 Å². The highest BCUT2D eigenvalue weighted by atomic mass is 19.2. The van der Waals surface area contributed by atoms with Gasteiger partial charge in [-0.15, -0.1) is 0 Å². The van der Waals surface area contributed by atoms with Gasteiger partial charge in [0, 0.05) is 11.1 Å². The maximum atomic E-state index is 15.2. The number of hydrogen-bond donors (Lipinski definition) is 0. The maximum absolute atomic E-state index is 15.2. The van der Waals surface area contributed by atoms with Crippen molar-refractivity contribution < 1.29 is 22.3 Å². The molecule has 5 heteroatoms. The van der Waals surface area contributed by atoms with Crippen LogP contribution in [-0.2, 0) is 0 Å². The molecule has 0 aromatic heterocycles. The van der Waals surface area contributed by atoms with Crippen LogP contribution in [0.1, 0.15) is 70.3 Å². The predicted molar refractivity (Wildman–Crippen MR) is 142 cm³/mol. The van der Waals surface area contributed by atoms with Gasteiger partial charge in [0.1, 0.15) is 6.61 Å². The van der Waals surface area contributed by atoms with Gasteiger partial charge in [-0.1, -0.05) is 74.7 Å². The topological polar surface area (TPSA) is 9.23 Å². The first-order chi connectivity index (χ1) is 17.9. The van der Waals surface area contributed by atoms with Crippen molar-refractivity contribution in [2.45, 2.75) is 64.7 Å². The Labute approximate surface area is 217 Å². The molecule has 0 N–H and O–H groups in total. The molecule has 4 rings (SSSR count). The molecule has 3 aromatic carbocycles. The van der Waals surface area contributed by atoms with E-state index in [1.54, 1.807) is 48.6 Å². The number of rotatable bonds is 9. The molecule has 0 spiro atoms. The van der Waals surface area contributed by atoms with E-state index in [4.69, 9.17) is 4.74 Å². The summed E-state index contributed by atoms with van der Waals surface area (Å²) in [7, 11) is 0. The van der Waals surface area contributed by atoms with Gasteiger partial charge in [-0.25, -0.2) is 13.2 Å². The molecule has 0 atom stereocenters. The highest BCUT2D eigenvalue weighted by Gasteiger charge is 2.26. The van der Waals surface area contributed by atoms with Crippen LogP contribution >= 0.6 is 0 Å². The van der Waals surface area contributed by atoms with Crippen molar-refractivity contribution in [3.63, 3.8) is 0 Å². The van der Waals surface area contributed by atoms with E-state index in [-0.39, 0.29) is 29.4 Å². The molecule has 196 valence electrons. The lowest BCUT2D eigenvalue weighted by atomic mass is 9.76. The van der Waals surface area contributed by atoms with Gasteiger partial charge in [-0.3, -0.25) is 0 Å². The standard InChI is InChI=1S/C32H34F4O/c1-3-5-7-21-8-10-22(11-9-21)25-16-17-26(30(34)29(25)33)23-12-14-24(15-13-23)27-18-19-28(32(36)31(27)35)37-20-6-4-2/h4,6,12-19,21-22H,3,5,7-11,20H2,1-2H3/b6-4+. The second-order valence-corrected chi connectivity index (χ2v) is 9.89. The molecule has 0 bridgehead atoms. The van der Waals surface area contributed by atoms with Gasteiger partial charge >= 0.3 is 0 Å². The van der Waals surface area contributed by atoms with Gasteiger partial charge in [0.15, 0.2) is 23.2 Å². The molecule has 0 unspecified atom stereocenters. The van der Waals surface area contributed by atoms with Crippen LogP contribution in [0.5, 0.6) is 5.75 Å². The summed E-state index contributed by atoms with van der Waals surface area (Å²) >= 11 is 0. The van der Waals surface area contributed by atoms with Crippen LogP contribution < -0.4 is 4.74 Å². The minimum atomic E-state index is -1.06. The number of benzene rings is 3. The Hall–Kier alpha value is -3.08. The smallest absolute Gasteiger partial charge is 0.201 e. The van der Waals surface area contributed by atoms with Crippen LogP contribution in [0.4, 0.5) is 17.6 Å². The van der Waals surface area contributed by atoms with Gasteiger partial charge < -0.3 is 4.74 Å². The summed E-state index contributed by atoms with van der Waals surface area (Å²) in [5.74, 6) is -3.14. The lowest BCUT2D eigenvalue weighted by Gasteiger charge is -2.29. The first-order valence-electron chi connectivity index (χ1n) is 13.2. The van der Waals surface area contributed by atoms with Crippen LogP contribution in [0.2, 0.25) is 0 Å². The van der Waals surface area contributed by atoms with Crippen LogP contribution in [0.15, 0.2) is 60.7 Å². The molecule has 1 fully saturated rings. The molecule has 0 aliphatic heterocycles. The summed E-state index contributed by atoms with van der Waals surface area (Å²) < 4.78 is 64.7. The fraction of sp³-hybridized carbons (Fsp3) is 0.375. The van der Waals surface area contributed by atoms with E-state index in [1.807, 2.05) is 6.92 Å². The zero-order valence-electron chi connectivity index (χ0n) is 21.5. The molecule has 37 heavy (non-hydrogen) atoms. The van der Waals surface area contributed by atoms with Crippen molar-refractivity contribution in [1.82, 2.24) is 0 Å². The Bertz CT molecular complexity index is 1220. The quantitative estimate of drug-likeness (QED) is 0.206. The summed E-state index contributed by atoms with van der Waals surface area (Å²) in [6, 6.07) is 12.5. The molecule has 3 aromatic rings. The minimum absolute atomic E-state index is 0.0478. The van der Waals surface area contributed by atoms with E-state index >= 15 is 8.78 Å². The first kappa shape index (κ1) is 27.0. The Morgan fingerprint density at radius 2 is 1.35 bits per heavy atom. The predicted octanol–water partition coefficient (Wildman–Crippen LogP) is 10.00. The summed E-state index contributed by atoms with van der Waals surface area (Å²) in [6.45, 7) is 4.14. The van der Waals surface area contributed by atoms with Crippen molar-refractivity contribution in [3.05, 3.63) is 89.5 Å². The van der Waals surface area contributed by atoms with E-state index < -0.39 is 23.3 Å². The number of halogens is 4.